The molecule has 0 aromatic heterocycles. The Bertz CT molecular complexity index is 779. The van der Waals surface area contributed by atoms with E-state index in [1.165, 1.54) is 13.0 Å². The minimum atomic E-state index is -0.675. The molecule has 152 valence electrons. The molecule has 0 fully saturated rings. The van der Waals surface area contributed by atoms with E-state index in [1.807, 2.05) is 26.0 Å². The van der Waals surface area contributed by atoms with Gasteiger partial charge >= 0.3 is 5.97 Å². The Kier molecular flexibility index (Phi) is 8.10. The Morgan fingerprint density at radius 3 is 2.68 bits per heavy atom. The summed E-state index contributed by atoms with van der Waals surface area (Å²) < 4.78 is 5.47. The molecule has 2 rings (SSSR count). The van der Waals surface area contributed by atoms with Gasteiger partial charge in [-0.25, -0.2) is 4.79 Å². The summed E-state index contributed by atoms with van der Waals surface area (Å²) in [6, 6.07) is 12.2. The molecule has 7 nitrogen and oxygen atoms in total. The van der Waals surface area contributed by atoms with E-state index in [9.17, 15) is 15.0 Å². The lowest BCUT2D eigenvalue weighted by atomic mass is 10.0. The molecule has 3 N–H and O–H groups in total. The van der Waals surface area contributed by atoms with Crippen LogP contribution in [-0.4, -0.2) is 41.5 Å². The van der Waals surface area contributed by atoms with E-state index in [0.717, 1.165) is 17.5 Å². The number of aryl methyl sites for hydroxylation is 1. The second-order valence-corrected chi connectivity index (χ2v) is 6.73. The quantitative estimate of drug-likeness (QED) is 0.424. The van der Waals surface area contributed by atoms with Gasteiger partial charge in [0.2, 0.25) is 0 Å². The lowest BCUT2D eigenvalue weighted by Crippen LogP contribution is -2.37. The molecule has 0 saturated carbocycles. The van der Waals surface area contributed by atoms with Crippen molar-refractivity contribution < 1.29 is 29.5 Å². The first kappa shape index (κ1) is 21.5. The zero-order chi connectivity index (χ0) is 20.5. The molecule has 2 aromatic rings. The lowest BCUT2D eigenvalue weighted by Gasteiger charge is -2.18. The Balaban J connectivity index is 1.74. The van der Waals surface area contributed by atoms with Crippen molar-refractivity contribution in [2.75, 3.05) is 13.2 Å². The molecular weight excluding hydrogens is 362 g/mol. The van der Waals surface area contributed by atoms with E-state index in [4.69, 9.17) is 9.62 Å². The fourth-order valence-corrected chi connectivity index (χ4v) is 2.62. The van der Waals surface area contributed by atoms with Gasteiger partial charge in [0.1, 0.15) is 24.2 Å². The zero-order valence-corrected chi connectivity index (χ0v) is 16.3. The first-order chi connectivity index (χ1) is 13.3. The summed E-state index contributed by atoms with van der Waals surface area (Å²) in [4.78, 5) is 20.3. The molecule has 2 aromatic carbocycles. The number of aromatic hydroxyl groups is 1. The van der Waals surface area contributed by atoms with Gasteiger partial charge in [0, 0.05) is 25.6 Å². The van der Waals surface area contributed by atoms with Crippen LogP contribution in [0.2, 0.25) is 0 Å². The average molecular weight is 389 g/mol. The molecule has 0 spiro atoms. The highest BCUT2D eigenvalue weighted by molar-refractivity contribution is 5.65. The number of rotatable bonds is 10. The molecular formula is C21H27NO6. The van der Waals surface area contributed by atoms with Gasteiger partial charge in [-0.05, 0) is 49.6 Å². The number of hydrogen-bond donors (Lipinski definition) is 3. The van der Waals surface area contributed by atoms with Crippen LogP contribution in [0.4, 0.5) is 0 Å². The molecule has 0 aliphatic rings. The molecule has 0 aliphatic carbocycles. The summed E-state index contributed by atoms with van der Waals surface area (Å²) >= 11 is 0. The van der Waals surface area contributed by atoms with Gasteiger partial charge in [-0.1, -0.05) is 18.2 Å². The predicted octanol–water partition coefficient (Wildman–Crippen LogP) is 2.52. The molecule has 0 radical (unpaired) electrons. The minimum absolute atomic E-state index is 0.123. The van der Waals surface area contributed by atoms with E-state index < -0.39 is 12.1 Å². The predicted molar refractivity (Wildman–Crippen MR) is 104 cm³/mol. The average Bonchev–Trinajstić information content (AvgIpc) is 2.64. The number of aliphatic hydroxyl groups is 1. The number of benzene rings is 2. The first-order valence-corrected chi connectivity index (χ1v) is 9.11. The Morgan fingerprint density at radius 1 is 1.21 bits per heavy atom. The SMILES string of the molecule is CC(=O)OOc1ccc(C[C@H](C)NC[C@@H](O)COc2cccc(O)c2)cc1C. The van der Waals surface area contributed by atoms with Crippen LogP contribution in [0.25, 0.3) is 0 Å². The van der Waals surface area contributed by atoms with Crippen LogP contribution in [-0.2, 0) is 16.1 Å². The Hall–Kier alpha value is -2.77. The fourth-order valence-electron chi connectivity index (χ4n) is 2.62. The molecule has 0 amide bonds. The van der Waals surface area contributed by atoms with E-state index in [2.05, 4.69) is 10.2 Å². The highest BCUT2D eigenvalue weighted by Gasteiger charge is 2.11. The third-order valence-electron chi connectivity index (χ3n) is 3.99. The molecule has 0 unspecified atom stereocenters. The normalized spacial score (nSPS) is 12.9. The van der Waals surface area contributed by atoms with Crippen molar-refractivity contribution in [3.8, 4) is 17.2 Å². The van der Waals surface area contributed by atoms with Crippen molar-refractivity contribution in [1.82, 2.24) is 5.32 Å². The summed E-state index contributed by atoms with van der Waals surface area (Å²) in [6.07, 6.45) is 0.0838. The fraction of sp³-hybridized carbons (Fsp3) is 0.381. The number of ether oxygens (including phenoxy) is 1. The maximum Gasteiger partial charge on any atom is 0.352 e. The van der Waals surface area contributed by atoms with E-state index in [-0.39, 0.29) is 18.4 Å². The van der Waals surface area contributed by atoms with Crippen LogP contribution in [0.1, 0.15) is 25.0 Å². The van der Waals surface area contributed by atoms with E-state index >= 15 is 0 Å². The first-order valence-electron chi connectivity index (χ1n) is 9.11. The smallest absolute Gasteiger partial charge is 0.352 e. The summed E-state index contributed by atoms with van der Waals surface area (Å²) in [7, 11) is 0. The van der Waals surface area contributed by atoms with Gasteiger partial charge in [-0.2, -0.15) is 0 Å². The summed E-state index contributed by atoms with van der Waals surface area (Å²) in [6.45, 7) is 5.70. The largest absolute Gasteiger partial charge is 0.508 e. The number of carbonyl (C=O) groups is 1. The van der Waals surface area contributed by atoms with Crippen LogP contribution >= 0.6 is 0 Å². The Labute approximate surface area is 164 Å². The zero-order valence-electron chi connectivity index (χ0n) is 16.3. The summed E-state index contributed by atoms with van der Waals surface area (Å²) in [5.41, 5.74) is 1.96. The second kappa shape index (κ2) is 10.5. The number of carbonyl (C=O) groups excluding carboxylic acids is 1. The number of phenols is 1. The van der Waals surface area contributed by atoms with Gasteiger partial charge in [0.05, 0.1) is 0 Å². The van der Waals surface area contributed by atoms with Crippen LogP contribution in [0.3, 0.4) is 0 Å². The highest BCUT2D eigenvalue weighted by atomic mass is 17.2. The van der Waals surface area contributed by atoms with Gasteiger partial charge in [0.25, 0.3) is 0 Å². The molecule has 0 bridgehead atoms. The minimum Gasteiger partial charge on any atom is -0.508 e. The van der Waals surface area contributed by atoms with Crippen LogP contribution in [0, 0.1) is 6.92 Å². The molecule has 28 heavy (non-hydrogen) atoms. The van der Waals surface area contributed by atoms with Crippen molar-refractivity contribution >= 4 is 5.97 Å². The maximum atomic E-state index is 10.8. The van der Waals surface area contributed by atoms with Crippen molar-refractivity contribution in [2.24, 2.45) is 0 Å². The lowest BCUT2D eigenvalue weighted by molar-refractivity contribution is -0.211. The molecule has 2 atom stereocenters. The molecule has 0 saturated heterocycles. The van der Waals surface area contributed by atoms with Crippen molar-refractivity contribution in [2.45, 2.75) is 39.3 Å². The maximum absolute atomic E-state index is 10.8. The van der Waals surface area contributed by atoms with Gasteiger partial charge in [-0.3, -0.25) is 9.78 Å². The Morgan fingerprint density at radius 2 is 2.00 bits per heavy atom. The van der Waals surface area contributed by atoms with E-state index in [1.54, 1.807) is 24.3 Å². The molecule has 0 heterocycles. The van der Waals surface area contributed by atoms with Crippen LogP contribution < -0.4 is 14.9 Å². The number of phenolic OH excluding ortho intramolecular Hbond substituents is 1. The van der Waals surface area contributed by atoms with Gasteiger partial charge in [0.15, 0.2) is 5.75 Å². The monoisotopic (exact) mass is 389 g/mol. The topological polar surface area (TPSA) is 97.3 Å². The van der Waals surface area contributed by atoms with Crippen molar-refractivity contribution in [1.29, 1.82) is 0 Å². The third kappa shape index (κ3) is 7.46. The standard InChI is InChI=1S/C21H27NO6/c1-14-9-17(7-8-21(14)28-27-16(3)23)10-15(2)22-12-19(25)13-26-20-6-4-5-18(24)11-20/h4-9,11,15,19,22,24-25H,10,12-13H2,1-3H3/t15-,19+/m0/s1. The summed E-state index contributed by atoms with van der Waals surface area (Å²) in [5.74, 6) is 0.629. The third-order valence-corrected chi connectivity index (χ3v) is 3.99. The second-order valence-electron chi connectivity index (χ2n) is 6.73. The number of aliphatic hydroxyl groups excluding tert-OH is 1. The summed E-state index contributed by atoms with van der Waals surface area (Å²) in [5, 5.41) is 22.7. The molecule has 7 heteroatoms. The molecule has 0 aliphatic heterocycles. The number of hydrogen-bond acceptors (Lipinski definition) is 7. The van der Waals surface area contributed by atoms with Crippen LogP contribution in [0.5, 0.6) is 17.2 Å². The van der Waals surface area contributed by atoms with Crippen molar-refractivity contribution in [3.63, 3.8) is 0 Å². The van der Waals surface area contributed by atoms with E-state index in [0.29, 0.717) is 18.0 Å². The highest BCUT2D eigenvalue weighted by Crippen LogP contribution is 2.20. The number of nitrogens with one attached hydrogen (secondary N) is 1. The van der Waals surface area contributed by atoms with Gasteiger partial charge in [-0.15, -0.1) is 0 Å². The van der Waals surface area contributed by atoms with Crippen LogP contribution in [0.15, 0.2) is 42.5 Å². The van der Waals surface area contributed by atoms with Gasteiger partial charge < -0.3 is 20.3 Å². The van der Waals surface area contributed by atoms with Crippen molar-refractivity contribution in [3.05, 3.63) is 53.6 Å².